The zero-order valence-electron chi connectivity index (χ0n) is 14.3. The van der Waals surface area contributed by atoms with Gasteiger partial charge in [-0.3, -0.25) is 9.78 Å². The second-order valence-corrected chi connectivity index (χ2v) is 7.98. The molecular weight excluding hydrogens is 322 g/mol. The van der Waals surface area contributed by atoms with Crippen LogP contribution < -0.4 is 10.2 Å². The molecule has 0 saturated carbocycles. The summed E-state index contributed by atoms with van der Waals surface area (Å²) in [4.78, 5) is 27.7. The van der Waals surface area contributed by atoms with E-state index in [2.05, 4.69) is 45.9 Å². The number of aromatic nitrogens is 3. The van der Waals surface area contributed by atoms with Gasteiger partial charge in [0.25, 0.3) is 0 Å². The van der Waals surface area contributed by atoms with Gasteiger partial charge < -0.3 is 10.2 Å². The minimum Gasteiger partial charge on any atom is -0.355 e. The Morgan fingerprint density at radius 3 is 2.88 bits per heavy atom. The summed E-state index contributed by atoms with van der Waals surface area (Å²) in [5, 5.41) is 5.68. The first-order valence-corrected chi connectivity index (χ1v) is 9.09. The Labute approximate surface area is 146 Å². The maximum atomic E-state index is 12.6. The third kappa shape index (κ3) is 3.90. The standard InChI is InChI=1S/C17H23N5OS/c1-17(2,3)13-11-24-16(20-13)21-15(23)12-5-4-8-22(10-12)14-9-18-6-7-19-14/h6-7,9,11-12H,4-5,8,10H2,1-3H3,(H,20,21,23)/t12-/m1/s1. The number of anilines is 2. The first kappa shape index (κ1) is 16.8. The van der Waals surface area contributed by atoms with E-state index in [0.29, 0.717) is 11.7 Å². The number of nitrogens with zero attached hydrogens (tertiary/aromatic N) is 4. The van der Waals surface area contributed by atoms with Crippen molar-refractivity contribution in [2.45, 2.75) is 39.0 Å². The maximum absolute atomic E-state index is 12.6. The SMILES string of the molecule is CC(C)(C)c1csc(NC(=O)[C@@H]2CCCN(c3cnccn3)C2)n1. The lowest BCUT2D eigenvalue weighted by Crippen LogP contribution is -2.41. The Morgan fingerprint density at radius 1 is 1.38 bits per heavy atom. The molecule has 6 nitrogen and oxygen atoms in total. The van der Waals surface area contributed by atoms with Gasteiger partial charge in [0.2, 0.25) is 5.91 Å². The van der Waals surface area contributed by atoms with Crippen molar-refractivity contribution in [1.82, 2.24) is 15.0 Å². The molecule has 3 heterocycles. The number of nitrogens with one attached hydrogen (secondary N) is 1. The van der Waals surface area contributed by atoms with Crippen LogP contribution in [0.3, 0.4) is 0 Å². The van der Waals surface area contributed by atoms with Crippen molar-refractivity contribution in [3.63, 3.8) is 0 Å². The zero-order chi connectivity index (χ0) is 17.2. The summed E-state index contributed by atoms with van der Waals surface area (Å²) in [6.07, 6.45) is 6.95. The summed E-state index contributed by atoms with van der Waals surface area (Å²) in [6.45, 7) is 7.94. The smallest absolute Gasteiger partial charge is 0.231 e. The van der Waals surface area contributed by atoms with Gasteiger partial charge in [-0.1, -0.05) is 20.8 Å². The lowest BCUT2D eigenvalue weighted by Gasteiger charge is -2.32. The molecule has 0 unspecified atom stereocenters. The molecule has 1 N–H and O–H groups in total. The summed E-state index contributed by atoms with van der Waals surface area (Å²) in [6, 6.07) is 0. The quantitative estimate of drug-likeness (QED) is 0.925. The average molecular weight is 345 g/mol. The van der Waals surface area contributed by atoms with Gasteiger partial charge in [0.05, 0.1) is 17.8 Å². The summed E-state index contributed by atoms with van der Waals surface area (Å²) in [5.74, 6) is 0.820. The monoisotopic (exact) mass is 345 g/mol. The van der Waals surface area contributed by atoms with Gasteiger partial charge in [-0.25, -0.2) is 9.97 Å². The molecule has 1 saturated heterocycles. The first-order chi connectivity index (χ1) is 11.4. The number of hydrogen-bond donors (Lipinski definition) is 1. The van der Waals surface area contributed by atoms with Crippen LogP contribution in [0.4, 0.5) is 10.9 Å². The topological polar surface area (TPSA) is 71.0 Å². The van der Waals surface area contributed by atoms with E-state index in [4.69, 9.17) is 0 Å². The maximum Gasteiger partial charge on any atom is 0.231 e. The molecule has 0 bridgehead atoms. The van der Waals surface area contributed by atoms with E-state index >= 15 is 0 Å². The number of carbonyl (C=O) groups is 1. The van der Waals surface area contributed by atoms with Crippen LogP contribution in [-0.2, 0) is 10.2 Å². The molecular formula is C17H23N5OS. The van der Waals surface area contributed by atoms with E-state index in [1.807, 2.05) is 5.38 Å². The van der Waals surface area contributed by atoms with Crippen LogP contribution in [0, 0.1) is 5.92 Å². The van der Waals surface area contributed by atoms with Crippen LogP contribution in [-0.4, -0.2) is 33.9 Å². The third-order valence-electron chi connectivity index (χ3n) is 4.17. The summed E-state index contributed by atoms with van der Waals surface area (Å²) < 4.78 is 0. The fourth-order valence-electron chi connectivity index (χ4n) is 2.74. The van der Waals surface area contributed by atoms with Crippen molar-refractivity contribution in [3.8, 4) is 0 Å². The number of carbonyl (C=O) groups excluding carboxylic acids is 1. The summed E-state index contributed by atoms with van der Waals surface area (Å²) in [7, 11) is 0. The molecule has 24 heavy (non-hydrogen) atoms. The molecule has 1 atom stereocenters. The highest BCUT2D eigenvalue weighted by Gasteiger charge is 2.27. The van der Waals surface area contributed by atoms with E-state index in [1.165, 1.54) is 11.3 Å². The van der Waals surface area contributed by atoms with Crippen molar-refractivity contribution in [3.05, 3.63) is 29.7 Å². The molecule has 0 aromatic carbocycles. The van der Waals surface area contributed by atoms with Crippen LogP contribution in [0.5, 0.6) is 0 Å². The van der Waals surface area contributed by atoms with Crippen molar-refractivity contribution in [2.75, 3.05) is 23.3 Å². The van der Waals surface area contributed by atoms with Gasteiger partial charge in [0.15, 0.2) is 5.13 Å². The van der Waals surface area contributed by atoms with Crippen molar-refractivity contribution in [1.29, 1.82) is 0 Å². The Kier molecular flexibility index (Phi) is 4.80. The molecule has 1 fully saturated rings. The second-order valence-electron chi connectivity index (χ2n) is 7.13. The molecule has 3 rings (SSSR count). The molecule has 128 valence electrons. The highest BCUT2D eigenvalue weighted by atomic mass is 32.1. The Hall–Kier alpha value is -2.02. The van der Waals surface area contributed by atoms with Crippen molar-refractivity contribution in [2.24, 2.45) is 5.92 Å². The number of piperidine rings is 1. The van der Waals surface area contributed by atoms with E-state index in [0.717, 1.165) is 30.9 Å². The predicted molar refractivity (Wildman–Crippen MR) is 96.4 cm³/mol. The molecule has 1 amide bonds. The van der Waals surface area contributed by atoms with E-state index in [-0.39, 0.29) is 17.2 Å². The van der Waals surface area contributed by atoms with Crippen LogP contribution in [0.1, 0.15) is 39.3 Å². The van der Waals surface area contributed by atoms with Gasteiger partial charge in [0, 0.05) is 36.3 Å². The van der Waals surface area contributed by atoms with E-state index in [1.54, 1.807) is 18.6 Å². The highest BCUT2D eigenvalue weighted by molar-refractivity contribution is 7.13. The summed E-state index contributed by atoms with van der Waals surface area (Å²) in [5.41, 5.74) is 1.00. The number of hydrogen-bond acceptors (Lipinski definition) is 6. The lowest BCUT2D eigenvalue weighted by molar-refractivity contribution is -0.120. The minimum atomic E-state index is -0.0530. The molecule has 0 spiro atoms. The Balaban J connectivity index is 1.63. The van der Waals surface area contributed by atoms with Crippen molar-refractivity contribution < 1.29 is 4.79 Å². The minimum absolute atomic E-state index is 0.00685. The normalized spacial score (nSPS) is 18.5. The van der Waals surface area contributed by atoms with Crippen LogP contribution in [0.15, 0.2) is 24.0 Å². The fourth-order valence-corrected chi connectivity index (χ4v) is 3.68. The molecule has 1 aliphatic rings. The van der Waals surface area contributed by atoms with E-state index in [9.17, 15) is 4.79 Å². The molecule has 0 aliphatic carbocycles. The average Bonchev–Trinajstić information content (AvgIpc) is 3.05. The molecule has 2 aromatic heterocycles. The molecule has 0 radical (unpaired) electrons. The van der Waals surface area contributed by atoms with Crippen LogP contribution in [0.25, 0.3) is 0 Å². The van der Waals surface area contributed by atoms with Gasteiger partial charge in [-0.05, 0) is 12.8 Å². The lowest BCUT2D eigenvalue weighted by atomic mass is 9.93. The molecule has 2 aromatic rings. The number of amides is 1. The van der Waals surface area contributed by atoms with Crippen molar-refractivity contribution >= 4 is 28.2 Å². The summed E-state index contributed by atoms with van der Waals surface area (Å²) >= 11 is 1.49. The van der Waals surface area contributed by atoms with Crippen LogP contribution >= 0.6 is 11.3 Å². The molecule has 1 aliphatic heterocycles. The third-order valence-corrected chi connectivity index (χ3v) is 4.93. The van der Waals surface area contributed by atoms with Gasteiger partial charge in [-0.2, -0.15) is 0 Å². The Morgan fingerprint density at radius 2 is 2.21 bits per heavy atom. The first-order valence-electron chi connectivity index (χ1n) is 8.21. The van der Waals surface area contributed by atoms with Crippen LogP contribution in [0.2, 0.25) is 0 Å². The second kappa shape index (κ2) is 6.84. The van der Waals surface area contributed by atoms with E-state index < -0.39 is 0 Å². The largest absolute Gasteiger partial charge is 0.355 e. The van der Waals surface area contributed by atoms with Gasteiger partial charge >= 0.3 is 0 Å². The number of thiazole rings is 1. The Bertz CT molecular complexity index is 695. The zero-order valence-corrected chi connectivity index (χ0v) is 15.1. The highest BCUT2D eigenvalue weighted by Crippen LogP contribution is 2.27. The number of rotatable bonds is 3. The van der Waals surface area contributed by atoms with Gasteiger partial charge in [0.1, 0.15) is 5.82 Å². The fraction of sp³-hybridized carbons (Fsp3) is 0.529. The molecule has 7 heteroatoms. The predicted octanol–water partition coefficient (Wildman–Crippen LogP) is 3.09. The van der Waals surface area contributed by atoms with Gasteiger partial charge in [-0.15, -0.1) is 11.3 Å².